The molecule has 0 spiro atoms. The molecule has 0 aliphatic rings. The van der Waals surface area contributed by atoms with Gasteiger partial charge in [0.25, 0.3) is 0 Å². The molecule has 0 aliphatic carbocycles. The van der Waals surface area contributed by atoms with E-state index in [9.17, 15) is 0 Å². The molecule has 5 aromatic heterocycles. The number of pyridine rings is 2. The second-order valence-corrected chi connectivity index (χ2v) is 9.20. The number of hydrogen-bond donors (Lipinski definition) is 3. The van der Waals surface area contributed by atoms with Gasteiger partial charge >= 0.3 is 0 Å². The summed E-state index contributed by atoms with van der Waals surface area (Å²) < 4.78 is 0. The van der Waals surface area contributed by atoms with Gasteiger partial charge in [0.2, 0.25) is 0 Å². The van der Waals surface area contributed by atoms with Crippen LogP contribution < -0.4 is 5.32 Å². The molecule has 0 radical (unpaired) electrons. The molecular formula is C26H22N6S. The van der Waals surface area contributed by atoms with Crippen molar-refractivity contribution in [3.05, 3.63) is 71.8 Å². The van der Waals surface area contributed by atoms with Crippen molar-refractivity contribution in [3.63, 3.8) is 0 Å². The Morgan fingerprint density at radius 1 is 0.939 bits per heavy atom. The van der Waals surface area contributed by atoms with E-state index in [-0.39, 0.29) is 0 Å². The van der Waals surface area contributed by atoms with E-state index in [2.05, 4.69) is 97.5 Å². The zero-order valence-electron chi connectivity index (χ0n) is 18.3. The highest BCUT2D eigenvalue weighted by molar-refractivity contribution is 7.08. The summed E-state index contributed by atoms with van der Waals surface area (Å²) in [5.74, 6) is 0. The summed E-state index contributed by atoms with van der Waals surface area (Å²) in [4.78, 5) is 12.6. The minimum absolute atomic E-state index is 0.337. The maximum Gasteiger partial charge on any atom is 0.155 e. The van der Waals surface area contributed by atoms with E-state index in [1.165, 1.54) is 16.5 Å². The Morgan fingerprint density at radius 2 is 1.85 bits per heavy atom. The molecule has 0 saturated heterocycles. The molecule has 0 atom stereocenters. The monoisotopic (exact) mass is 450 g/mol. The van der Waals surface area contributed by atoms with Crippen molar-refractivity contribution in [3.8, 4) is 33.6 Å². The van der Waals surface area contributed by atoms with Crippen molar-refractivity contribution in [1.29, 1.82) is 0 Å². The van der Waals surface area contributed by atoms with Crippen molar-refractivity contribution in [2.75, 3.05) is 5.32 Å². The van der Waals surface area contributed by atoms with Crippen LogP contribution in [0.15, 0.2) is 71.8 Å². The number of nitrogens with zero attached hydrogens (tertiary/aromatic N) is 3. The van der Waals surface area contributed by atoms with E-state index < -0.39 is 0 Å². The Balaban J connectivity index is 1.45. The van der Waals surface area contributed by atoms with Crippen LogP contribution in [-0.4, -0.2) is 31.2 Å². The van der Waals surface area contributed by atoms with Crippen LogP contribution >= 0.6 is 11.3 Å². The first-order valence-electron chi connectivity index (χ1n) is 10.9. The molecule has 6 nitrogen and oxygen atoms in total. The fourth-order valence-electron chi connectivity index (χ4n) is 4.23. The number of nitrogens with one attached hydrogen (secondary N) is 3. The maximum absolute atomic E-state index is 4.63. The third-order valence-electron chi connectivity index (χ3n) is 5.69. The minimum Gasteiger partial charge on any atom is -0.382 e. The summed E-state index contributed by atoms with van der Waals surface area (Å²) in [6.45, 7) is 4.23. The highest BCUT2D eigenvalue weighted by atomic mass is 32.1. The summed E-state index contributed by atoms with van der Waals surface area (Å²) >= 11 is 1.71. The van der Waals surface area contributed by atoms with Crippen LogP contribution in [0.2, 0.25) is 0 Å². The largest absolute Gasteiger partial charge is 0.382 e. The molecule has 6 aromatic rings. The van der Waals surface area contributed by atoms with Crippen molar-refractivity contribution in [2.45, 2.75) is 19.9 Å². The van der Waals surface area contributed by atoms with Gasteiger partial charge in [0, 0.05) is 52.0 Å². The van der Waals surface area contributed by atoms with Crippen LogP contribution in [0.5, 0.6) is 0 Å². The van der Waals surface area contributed by atoms with Gasteiger partial charge < -0.3 is 10.3 Å². The second kappa shape index (κ2) is 7.86. The number of benzene rings is 1. The number of aromatic nitrogens is 5. The Bertz CT molecular complexity index is 1580. The van der Waals surface area contributed by atoms with Gasteiger partial charge in [-0.15, -0.1) is 0 Å². The van der Waals surface area contributed by atoms with Gasteiger partial charge in [-0.05, 0) is 66.1 Å². The number of rotatable bonds is 5. The lowest BCUT2D eigenvalue weighted by Crippen LogP contribution is -2.09. The number of thiophene rings is 1. The van der Waals surface area contributed by atoms with Crippen molar-refractivity contribution in [1.82, 2.24) is 25.1 Å². The quantitative estimate of drug-likeness (QED) is 0.272. The van der Waals surface area contributed by atoms with Gasteiger partial charge in [0.15, 0.2) is 5.65 Å². The molecule has 0 amide bonds. The summed E-state index contributed by atoms with van der Waals surface area (Å²) in [7, 11) is 0. The Labute approximate surface area is 194 Å². The third-order valence-corrected chi connectivity index (χ3v) is 6.38. The van der Waals surface area contributed by atoms with Gasteiger partial charge in [0.05, 0.1) is 11.4 Å². The molecule has 3 N–H and O–H groups in total. The lowest BCUT2D eigenvalue weighted by Gasteiger charge is -2.10. The molecule has 0 bridgehead atoms. The van der Waals surface area contributed by atoms with Crippen LogP contribution in [-0.2, 0) is 0 Å². The van der Waals surface area contributed by atoms with Crippen LogP contribution in [0.3, 0.4) is 0 Å². The SMILES string of the molecule is CC(C)Nc1cncc(-c2cnc3[nH]nc(-c4cc5c(-c6ccsc6)cccc5[nH]4)c3c2)c1. The predicted molar refractivity (Wildman–Crippen MR) is 136 cm³/mol. The topological polar surface area (TPSA) is 82.3 Å². The average molecular weight is 451 g/mol. The van der Waals surface area contributed by atoms with Gasteiger partial charge in [-0.2, -0.15) is 16.4 Å². The summed E-state index contributed by atoms with van der Waals surface area (Å²) in [6.07, 6.45) is 5.57. The van der Waals surface area contributed by atoms with E-state index in [1.54, 1.807) is 11.3 Å². The Hall–Kier alpha value is -3.97. The van der Waals surface area contributed by atoms with Gasteiger partial charge in [0.1, 0.15) is 5.69 Å². The highest BCUT2D eigenvalue weighted by Gasteiger charge is 2.15. The lowest BCUT2D eigenvalue weighted by atomic mass is 10.0. The van der Waals surface area contributed by atoms with Crippen molar-refractivity contribution >= 4 is 39.0 Å². The van der Waals surface area contributed by atoms with E-state index in [0.29, 0.717) is 6.04 Å². The molecule has 0 saturated carbocycles. The molecule has 0 aliphatic heterocycles. The number of fused-ring (bicyclic) bond motifs is 2. The van der Waals surface area contributed by atoms with Crippen LogP contribution in [0.4, 0.5) is 5.69 Å². The van der Waals surface area contributed by atoms with E-state index in [1.807, 2.05) is 18.6 Å². The molecule has 5 heterocycles. The molecule has 6 rings (SSSR count). The minimum atomic E-state index is 0.337. The Kier molecular flexibility index (Phi) is 4.69. The predicted octanol–water partition coefficient (Wildman–Crippen LogP) is 6.72. The summed E-state index contributed by atoms with van der Waals surface area (Å²) in [5, 5.41) is 17.5. The zero-order valence-corrected chi connectivity index (χ0v) is 19.1. The summed E-state index contributed by atoms with van der Waals surface area (Å²) in [6, 6.07) is 15.3. The van der Waals surface area contributed by atoms with Gasteiger partial charge in [-0.3, -0.25) is 10.1 Å². The van der Waals surface area contributed by atoms with E-state index >= 15 is 0 Å². The van der Waals surface area contributed by atoms with Crippen molar-refractivity contribution < 1.29 is 0 Å². The van der Waals surface area contributed by atoms with Gasteiger partial charge in [-0.25, -0.2) is 4.98 Å². The fourth-order valence-corrected chi connectivity index (χ4v) is 4.88. The van der Waals surface area contributed by atoms with E-state index in [4.69, 9.17) is 0 Å². The zero-order chi connectivity index (χ0) is 22.4. The fraction of sp³-hybridized carbons (Fsp3) is 0.115. The molecular weight excluding hydrogens is 428 g/mol. The number of hydrogen-bond acceptors (Lipinski definition) is 5. The Morgan fingerprint density at radius 3 is 2.70 bits per heavy atom. The van der Waals surface area contributed by atoms with Crippen LogP contribution in [0.25, 0.3) is 55.6 Å². The third kappa shape index (κ3) is 3.56. The van der Waals surface area contributed by atoms with Gasteiger partial charge in [-0.1, -0.05) is 12.1 Å². The molecule has 33 heavy (non-hydrogen) atoms. The average Bonchev–Trinajstić information content (AvgIpc) is 3.57. The number of H-pyrrole nitrogens is 2. The number of anilines is 1. The second-order valence-electron chi connectivity index (χ2n) is 8.42. The summed E-state index contributed by atoms with van der Waals surface area (Å²) in [5.41, 5.74) is 9.12. The first kappa shape index (κ1) is 19.7. The van der Waals surface area contributed by atoms with E-state index in [0.717, 1.165) is 44.8 Å². The molecule has 0 unspecified atom stereocenters. The molecule has 162 valence electrons. The molecule has 1 aromatic carbocycles. The smallest absolute Gasteiger partial charge is 0.155 e. The highest BCUT2D eigenvalue weighted by Crippen LogP contribution is 2.35. The van der Waals surface area contributed by atoms with Crippen LogP contribution in [0, 0.1) is 0 Å². The first-order chi connectivity index (χ1) is 16.2. The first-order valence-corrected chi connectivity index (χ1v) is 11.8. The normalized spacial score (nSPS) is 11.6. The number of aromatic amines is 2. The lowest BCUT2D eigenvalue weighted by molar-refractivity contribution is 0.898. The van der Waals surface area contributed by atoms with Crippen LogP contribution in [0.1, 0.15) is 13.8 Å². The molecule has 7 heteroatoms. The molecule has 0 fully saturated rings. The van der Waals surface area contributed by atoms with Crippen molar-refractivity contribution in [2.24, 2.45) is 0 Å². The maximum atomic E-state index is 4.63. The standard InChI is InChI=1S/C26H22N6S/c1-15(2)29-19-8-17(11-27-13-19)18-9-22-25(31-32-26(22)28-12-18)24-10-21-20(16-6-7-33-14-16)4-3-5-23(21)30-24/h3-15,29-30H,1-2H3,(H,28,31,32).